The standard InChI is InChI=1S/C18H21N5O4/c1-9-4-3-5-10(2)12(9)22-16-13-17(20-7-19-16)23(8-21-13)18-15(26)14(25)11(6-24)27-18/h3-5,7-8,11,14-15,18,24-26H,6H2,1-2H3,(H,19,20,22)/t11-,14-,15-,18?/m1/s1. The van der Waals surface area contributed by atoms with Crippen LogP contribution in [0, 0.1) is 13.8 Å². The van der Waals surface area contributed by atoms with Gasteiger partial charge in [-0.15, -0.1) is 0 Å². The van der Waals surface area contributed by atoms with Crippen LogP contribution in [0.25, 0.3) is 11.2 Å². The van der Waals surface area contributed by atoms with E-state index >= 15 is 0 Å². The van der Waals surface area contributed by atoms with Crippen molar-refractivity contribution in [2.75, 3.05) is 11.9 Å². The molecule has 1 fully saturated rings. The molecular formula is C18H21N5O4. The first-order valence-corrected chi connectivity index (χ1v) is 8.64. The van der Waals surface area contributed by atoms with Crippen molar-refractivity contribution in [2.24, 2.45) is 0 Å². The van der Waals surface area contributed by atoms with Crippen molar-refractivity contribution in [3.8, 4) is 0 Å². The first-order chi connectivity index (χ1) is 13.0. The summed E-state index contributed by atoms with van der Waals surface area (Å²) in [6.45, 7) is 3.62. The summed E-state index contributed by atoms with van der Waals surface area (Å²) in [6, 6.07) is 6.00. The third kappa shape index (κ3) is 2.94. The Morgan fingerprint density at radius 2 is 1.85 bits per heavy atom. The van der Waals surface area contributed by atoms with Gasteiger partial charge in [-0.25, -0.2) is 15.0 Å². The van der Waals surface area contributed by atoms with Gasteiger partial charge < -0.3 is 25.4 Å². The number of para-hydroxylation sites is 1. The molecule has 2 aromatic heterocycles. The van der Waals surface area contributed by atoms with Crippen LogP contribution in [0.2, 0.25) is 0 Å². The quantitative estimate of drug-likeness (QED) is 0.531. The van der Waals surface area contributed by atoms with Gasteiger partial charge in [0, 0.05) is 5.69 Å². The minimum atomic E-state index is -1.20. The molecule has 27 heavy (non-hydrogen) atoms. The Kier molecular flexibility index (Phi) is 4.52. The zero-order valence-corrected chi connectivity index (χ0v) is 14.9. The number of aromatic nitrogens is 4. The van der Waals surface area contributed by atoms with Gasteiger partial charge >= 0.3 is 0 Å². The molecule has 4 rings (SSSR count). The summed E-state index contributed by atoms with van der Waals surface area (Å²) in [5.41, 5.74) is 4.06. The van der Waals surface area contributed by atoms with Crippen molar-refractivity contribution in [2.45, 2.75) is 38.4 Å². The van der Waals surface area contributed by atoms with E-state index in [0.29, 0.717) is 17.0 Å². The summed E-state index contributed by atoms with van der Waals surface area (Å²) in [6.07, 6.45) is -1.27. The van der Waals surface area contributed by atoms with Crippen molar-refractivity contribution >= 4 is 22.7 Å². The molecule has 0 aliphatic carbocycles. The summed E-state index contributed by atoms with van der Waals surface area (Å²) >= 11 is 0. The summed E-state index contributed by atoms with van der Waals surface area (Å²) < 4.78 is 7.11. The summed E-state index contributed by atoms with van der Waals surface area (Å²) in [5.74, 6) is 0.530. The van der Waals surface area contributed by atoms with Gasteiger partial charge in [-0.2, -0.15) is 0 Å². The highest BCUT2D eigenvalue weighted by Gasteiger charge is 2.44. The number of imidazole rings is 1. The molecule has 0 bridgehead atoms. The van der Waals surface area contributed by atoms with Crippen molar-refractivity contribution in [3.05, 3.63) is 42.0 Å². The Morgan fingerprint density at radius 1 is 1.11 bits per heavy atom. The van der Waals surface area contributed by atoms with E-state index in [-0.39, 0.29) is 0 Å². The molecule has 1 saturated heterocycles. The Bertz CT molecular complexity index is 955. The number of hydrogen-bond acceptors (Lipinski definition) is 8. The monoisotopic (exact) mass is 371 g/mol. The average molecular weight is 371 g/mol. The Labute approximate surface area is 155 Å². The van der Waals surface area contributed by atoms with E-state index in [1.165, 1.54) is 17.2 Å². The Morgan fingerprint density at radius 3 is 2.52 bits per heavy atom. The van der Waals surface area contributed by atoms with Crippen LogP contribution in [0.4, 0.5) is 11.5 Å². The molecule has 1 aliphatic rings. The molecule has 142 valence electrons. The molecule has 0 saturated carbocycles. The van der Waals surface area contributed by atoms with Crippen LogP contribution in [0.5, 0.6) is 0 Å². The summed E-state index contributed by atoms with van der Waals surface area (Å²) in [4.78, 5) is 12.9. The molecular weight excluding hydrogens is 350 g/mol. The normalized spacial score (nSPS) is 25.2. The third-order valence-electron chi connectivity index (χ3n) is 4.87. The largest absolute Gasteiger partial charge is 0.394 e. The molecule has 0 spiro atoms. The maximum absolute atomic E-state index is 10.3. The van der Waals surface area contributed by atoms with E-state index in [1.54, 1.807) is 0 Å². The number of nitrogens with zero attached hydrogens (tertiary/aromatic N) is 4. The minimum Gasteiger partial charge on any atom is -0.394 e. The van der Waals surface area contributed by atoms with E-state index in [1.807, 2.05) is 32.0 Å². The van der Waals surface area contributed by atoms with Gasteiger partial charge in [-0.05, 0) is 25.0 Å². The maximum atomic E-state index is 10.3. The van der Waals surface area contributed by atoms with Gasteiger partial charge in [0.25, 0.3) is 0 Å². The number of hydrogen-bond donors (Lipinski definition) is 4. The number of aliphatic hydroxyl groups is 3. The highest BCUT2D eigenvalue weighted by molar-refractivity contribution is 5.86. The van der Waals surface area contributed by atoms with Crippen LogP contribution in [0.15, 0.2) is 30.9 Å². The molecule has 1 unspecified atom stereocenters. The number of aliphatic hydroxyl groups excluding tert-OH is 3. The third-order valence-corrected chi connectivity index (χ3v) is 4.87. The number of benzene rings is 1. The van der Waals surface area contributed by atoms with Crippen LogP contribution < -0.4 is 5.32 Å². The summed E-state index contributed by atoms with van der Waals surface area (Å²) in [5, 5.41) is 32.9. The maximum Gasteiger partial charge on any atom is 0.167 e. The topological polar surface area (TPSA) is 126 Å². The first kappa shape index (κ1) is 17.8. The number of nitrogens with one attached hydrogen (secondary N) is 1. The van der Waals surface area contributed by atoms with Gasteiger partial charge in [-0.3, -0.25) is 4.57 Å². The fraction of sp³-hybridized carbons (Fsp3) is 0.389. The molecule has 1 aromatic carbocycles. The lowest BCUT2D eigenvalue weighted by molar-refractivity contribution is -0.0511. The van der Waals surface area contributed by atoms with E-state index in [0.717, 1.165) is 16.8 Å². The van der Waals surface area contributed by atoms with E-state index in [2.05, 4.69) is 20.3 Å². The molecule has 3 heterocycles. The van der Waals surface area contributed by atoms with E-state index < -0.39 is 31.1 Å². The lowest BCUT2D eigenvalue weighted by atomic mass is 10.1. The molecule has 9 nitrogen and oxygen atoms in total. The van der Waals surface area contributed by atoms with Gasteiger partial charge in [0.15, 0.2) is 23.2 Å². The molecule has 9 heteroatoms. The highest BCUT2D eigenvalue weighted by atomic mass is 16.6. The second kappa shape index (κ2) is 6.86. The molecule has 4 N–H and O–H groups in total. The second-order valence-corrected chi connectivity index (χ2v) is 6.67. The fourth-order valence-electron chi connectivity index (χ4n) is 3.37. The number of fused-ring (bicyclic) bond motifs is 1. The number of ether oxygens (including phenoxy) is 1. The van der Waals surface area contributed by atoms with Gasteiger partial charge in [0.1, 0.15) is 24.6 Å². The molecule has 0 radical (unpaired) electrons. The lowest BCUT2D eigenvalue weighted by Gasteiger charge is -2.16. The zero-order valence-electron chi connectivity index (χ0n) is 14.9. The smallest absolute Gasteiger partial charge is 0.167 e. The van der Waals surface area contributed by atoms with Crippen LogP contribution in [-0.2, 0) is 4.74 Å². The lowest BCUT2D eigenvalue weighted by Crippen LogP contribution is -2.33. The Balaban J connectivity index is 1.73. The number of anilines is 2. The van der Waals surface area contributed by atoms with E-state index in [9.17, 15) is 15.3 Å². The Hall–Kier alpha value is -2.59. The van der Waals surface area contributed by atoms with Gasteiger partial charge in [0.2, 0.25) is 0 Å². The SMILES string of the molecule is Cc1cccc(C)c1Nc1ncnc2c1ncn2C1O[C@H](CO)[C@@H](O)[C@H]1O. The van der Waals surface area contributed by atoms with Crippen molar-refractivity contribution in [3.63, 3.8) is 0 Å². The minimum absolute atomic E-state index is 0.393. The van der Waals surface area contributed by atoms with Crippen LogP contribution >= 0.6 is 0 Å². The first-order valence-electron chi connectivity index (χ1n) is 8.64. The zero-order chi connectivity index (χ0) is 19.1. The number of rotatable bonds is 4. The molecule has 4 atom stereocenters. The molecule has 3 aromatic rings. The van der Waals surface area contributed by atoms with Crippen molar-refractivity contribution in [1.82, 2.24) is 19.5 Å². The predicted octanol–water partition coefficient (Wildman–Crippen LogP) is 0.798. The van der Waals surface area contributed by atoms with Crippen molar-refractivity contribution < 1.29 is 20.1 Å². The van der Waals surface area contributed by atoms with Crippen LogP contribution in [0.3, 0.4) is 0 Å². The van der Waals surface area contributed by atoms with Gasteiger partial charge in [-0.1, -0.05) is 18.2 Å². The summed E-state index contributed by atoms with van der Waals surface area (Å²) in [7, 11) is 0. The van der Waals surface area contributed by atoms with E-state index in [4.69, 9.17) is 4.74 Å². The number of aryl methyl sites for hydroxylation is 2. The highest BCUT2D eigenvalue weighted by Crippen LogP contribution is 2.33. The molecule has 1 aliphatic heterocycles. The second-order valence-electron chi connectivity index (χ2n) is 6.67. The van der Waals surface area contributed by atoms with Crippen LogP contribution in [-0.4, -0.2) is 59.8 Å². The van der Waals surface area contributed by atoms with Gasteiger partial charge in [0.05, 0.1) is 12.9 Å². The fourth-order valence-corrected chi connectivity index (χ4v) is 3.37. The predicted molar refractivity (Wildman–Crippen MR) is 97.5 cm³/mol. The van der Waals surface area contributed by atoms with Crippen molar-refractivity contribution in [1.29, 1.82) is 0 Å². The molecule has 0 amide bonds. The van der Waals surface area contributed by atoms with Crippen LogP contribution in [0.1, 0.15) is 17.4 Å². The average Bonchev–Trinajstić information content (AvgIpc) is 3.20.